The number of benzene rings is 1. The number of rotatable bonds is 2. The Kier molecular flexibility index (Phi) is 4.98. The molecule has 2 radical (unpaired) electrons. The number of carboxylic acid groups (broad SMARTS) is 2. The average molecular weight is 206 g/mol. The Hall–Kier alpha value is -0.580. The van der Waals surface area contributed by atoms with Crippen molar-refractivity contribution in [3.8, 4) is 0 Å². The maximum absolute atomic E-state index is 10.3. The summed E-state index contributed by atoms with van der Waals surface area (Å²) in [7, 11) is 0. The van der Waals surface area contributed by atoms with E-state index in [0.717, 1.165) is 0 Å². The molecule has 1 aromatic rings. The molecule has 0 aliphatic rings. The molecule has 0 aliphatic carbocycles. The van der Waals surface area contributed by atoms with Gasteiger partial charge in [0.1, 0.15) is 0 Å². The molecule has 13 heavy (non-hydrogen) atoms. The molecule has 0 saturated carbocycles. The van der Waals surface area contributed by atoms with Crippen LogP contribution in [0.1, 0.15) is 20.7 Å². The fourth-order valence-electron chi connectivity index (χ4n) is 0.755. The van der Waals surface area contributed by atoms with Crippen molar-refractivity contribution < 1.29 is 19.8 Å². The molecule has 0 saturated heterocycles. The molecule has 64 valence electrons. The Bertz CT molecular complexity index is 284. The van der Waals surface area contributed by atoms with Gasteiger partial charge in [-0.2, -0.15) is 0 Å². The molecule has 0 fully saturated rings. The quantitative estimate of drug-likeness (QED) is 0.698. The molecular weight excluding hydrogens is 200 g/mol. The first-order valence-corrected chi connectivity index (χ1v) is 3.18. The van der Waals surface area contributed by atoms with E-state index in [9.17, 15) is 9.59 Å². The number of carboxylic acids is 2. The molecule has 5 heteroatoms. The standard InChI is InChI=1S/C8H6O4.Ca/c9-7(10)5-1-2-6(4-3-5)8(11)12;/h1-4H,(H,9,10)(H,11,12);. The van der Waals surface area contributed by atoms with E-state index in [0.29, 0.717) is 0 Å². The minimum atomic E-state index is -1.06. The number of aromatic carboxylic acids is 2. The molecule has 1 aromatic carbocycles. The monoisotopic (exact) mass is 206 g/mol. The van der Waals surface area contributed by atoms with E-state index in [1.54, 1.807) is 0 Å². The fourth-order valence-corrected chi connectivity index (χ4v) is 0.755. The van der Waals surface area contributed by atoms with E-state index in [2.05, 4.69) is 0 Å². The summed E-state index contributed by atoms with van der Waals surface area (Å²) < 4.78 is 0. The normalized spacial score (nSPS) is 8.62. The van der Waals surface area contributed by atoms with Crippen molar-refractivity contribution in [3.63, 3.8) is 0 Å². The van der Waals surface area contributed by atoms with Crippen LogP contribution < -0.4 is 0 Å². The van der Waals surface area contributed by atoms with E-state index in [4.69, 9.17) is 10.2 Å². The van der Waals surface area contributed by atoms with Gasteiger partial charge in [-0.3, -0.25) is 0 Å². The summed E-state index contributed by atoms with van der Waals surface area (Å²) in [6.45, 7) is 0. The van der Waals surface area contributed by atoms with Crippen LogP contribution in [0.5, 0.6) is 0 Å². The van der Waals surface area contributed by atoms with Crippen LogP contribution in [0.2, 0.25) is 0 Å². The van der Waals surface area contributed by atoms with Crippen molar-refractivity contribution in [2.45, 2.75) is 0 Å². The van der Waals surface area contributed by atoms with Gasteiger partial charge in [-0.05, 0) is 24.3 Å². The predicted molar refractivity (Wildman–Crippen MR) is 46.1 cm³/mol. The van der Waals surface area contributed by atoms with Crippen molar-refractivity contribution in [2.24, 2.45) is 0 Å². The van der Waals surface area contributed by atoms with E-state index >= 15 is 0 Å². The van der Waals surface area contributed by atoms with Gasteiger partial charge >= 0.3 is 11.9 Å². The molecule has 0 bridgehead atoms. The van der Waals surface area contributed by atoms with Crippen molar-refractivity contribution in [3.05, 3.63) is 35.4 Å². The van der Waals surface area contributed by atoms with E-state index in [-0.39, 0.29) is 48.9 Å². The first kappa shape index (κ1) is 12.4. The third kappa shape index (κ3) is 3.34. The zero-order valence-electron chi connectivity index (χ0n) is 6.73. The molecule has 0 aliphatic heterocycles. The summed E-state index contributed by atoms with van der Waals surface area (Å²) in [4.78, 5) is 20.7. The summed E-state index contributed by atoms with van der Waals surface area (Å²) in [5.74, 6) is -2.13. The number of carbonyl (C=O) groups is 2. The zero-order valence-corrected chi connectivity index (χ0v) is 8.94. The summed E-state index contributed by atoms with van der Waals surface area (Å²) in [5.41, 5.74) is 0.167. The van der Waals surface area contributed by atoms with Crippen molar-refractivity contribution in [1.82, 2.24) is 0 Å². The molecule has 0 atom stereocenters. The topological polar surface area (TPSA) is 74.6 Å². The van der Waals surface area contributed by atoms with Gasteiger partial charge in [0.15, 0.2) is 0 Å². The Labute approximate surface area is 104 Å². The third-order valence-corrected chi connectivity index (χ3v) is 1.38. The number of hydrogen-bond donors (Lipinski definition) is 2. The van der Waals surface area contributed by atoms with Crippen LogP contribution in [0.4, 0.5) is 0 Å². The van der Waals surface area contributed by atoms with Crippen LogP contribution in [0.3, 0.4) is 0 Å². The van der Waals surface area contributed by atoms with E-state index in [1.807, 2.05) is 0 Å². The minimum absolute atomic E-state index is 0. The first-order chi connectivity index (χ1) is 5.61. The molecule has 0 aromatic heterocycles. The summed E-state index contributed by atoms with van der Waals surface area (Å²) >= 11 is 0. The smallest absolute Gasteiger partial charge is 0.335 e. The Balaban J connectivity index is 0.00000144. The van der Waals surface area contributed by atoms with Crippen molar-refractivity contribution >= 4 is 49.7 Å². The van der Waals surface area contributed by atoms with Crippen LogP contribution in [-0.2, 0) is 0 Å². The molecule has 0 heterocycles. The van der Waals surface area contributed by atoms with E-state index < -0.39 is 11.9 Å². The van der Waals surface area contributed by atoms with Crippen molar-refractivity contribution in [1.29, 1.82) is 0 Å². The molecule has 4 nitrogen and oxygen atoms in total. The molecule has 0 unspecified atom stereocenters. The van der Waals surface area contributed by atoms with Gasteiger partial charge in [-0.25, -0.2) is 9.59 Å². The van der Waals surface area contributed by atoms with Gasteiger partial charge in [0, 0.05) is 37.7 Å². The summed E-state index contributed by atoms with van der Waals surface area (Å²) in [6.07, 6.45) is 0. The fraction of sp³-hybridized carbons (Fsp3) is 0. The van der Waals surface area contributed by atoms with Gasteiger partial charge in [0.2, 0.25) is 0 Å². The molecular formula is C8H6CaO4. The van der Waals surface area contributed by atoms with Gasteiger partial charge in [0.05, 0.1) is 11.1 Å². The van der Waals surface area contributed by atoms with Crippen LogP contribution in [0.15, 0.2) is 24.3 Å². The molecule has 1 rings (SSSR count). The second-order valence-electron chi connectivity index (χ2n) is 2.19. The Morgan fingerprint density at radius 3 is 1.23 bits per heavy atom. The average Bonchev–Trinajstić information content (AvgIpc) is 2.04. The van der Waals surface area contributed by atoms with Crippen LogP contribution in [0.25, 0.3) is 0 Å². The second kappa shape index (κ2) is 5.21. The van der Waals surface area contributed by atoms with Gasteiger partial charge in [0.25, 0.3) is 0 Å². The van der Waals surface area contributed by atoms with Gasteiger partial charge in [-0.1, -0.05) is 0 Å². The second-order valence-corrected chi connectivity index (χ2v) is 2.19. The third-order valence-electron chi connectivity index (χ3n) is 1.38. The predicted octanol–water partition coefficient (Wildman–Crippen LogP) is 0.702. The molecule has 0 amide bonds. The van der Waals surface area contributed by atoms with Crippen LogP contribution in [-0.4, -0.2) is 59.9 Å². The van der Waals surface area contributed by atoms with Gasteiger partial charge < -0.3 is 10.2 Å². The Morgan fingerprint density at radius 1 is 0.846 bits per heavy atom. The maximum atomic E-state index is 10.3. The molecule has 0 spiro atoms. The zero-order chi connectivity index (χ0) is 9.14. The maximum Gasteiger partial charge on any atom is 0.335 e. The van der Waals surface area contributed by atoms with Crippen LogP contribution >= 0.6 is 0 Å². The first-order valence-electron chi connectivity index (χ1n) is 3.18. The Morgan fingerprint density at radius 2 is 1.08 bits per heavy atom. The minimum Gasteiger partial charge on any atom is -0.478 e. The summed E-state index contributed by atoms with van der Waals surface area (Å²) in [6, 6.07) is 5.02. The molecule has 2 N–H and O–H groups in total. The van der Waals surface area contributed by atoms with E-state index in [1.165, 1.54) is 24.3 Å². The van der Waals surface area contributed by atoms with Crippen molar-refractivity contribution in [2.75, 3.05) is 0 Å². The van der Waals surface area contributed by atoms with Gasteiger partial charge in [-0.15, -0.1) is 0 Å². The number of hydrogen-bond acceptors (Lipinski definition) is 2. The summed E-state index contributed by atoms with van der Waals surface area (Å²) in [5, 5.41) is 16.9. The SMILES string of the molecule is O=C(O)c1ccc(C(=O)O)cc1.[Ca]. The largest absolute Gasteiger partial charge is 0.478 e. The van der Waals surface area contributed by atoms with Crippen LogP contribution in [0, 0.1) is 0 Å².